The maximum absolute atomic E-state index is 12.1. The van der Waals surface area contributed by atoms with Gasteiger partial charge in [0.25, 0.3) is 0 Å². The van der Waals surface area contributed by atoms with Gasteiger partial charge in [-0.2, -0.15) is 0 Å². The van der Waals surface area contributed by atoms with Gasteiger partial charge in [-0.25, -0.2) is 4.98 Å². The fourth-order valence-corrected chi connectivity index (χ4v) is 2.98. The topological polar surface area (TPSA) is 68.0 Å². The molecule has 0 radical (unpaired) electrons. The van der Waals surface area contributed by atoms with Crippen LogP contribution >= 0.6 is 0 Å². The van der Waals surface area contributed by atoms with Crippen LogP contribution in [0.3, 0.4) is 0 Å². The van der Waals surface area contributed by atoms with Gasteiger partial charge in [0.15, 0.2) is 6.39 Å². The molecule has 0 atom stereocenters. The second-order valence-electron chi connectivity index (χ2n) is 6.52. The minimum absolute atomic E-state index is 0.0164. The second-order valence-corrected chi connectivity index (χ2v) is 6.52. The summed E-state index contributed by atoms with van der Waals surface area (Å²) in [7, 11) is 0. The van der Waals surface area contributed by atoms with Crippen molar-refractivity contribution in [1.82, 2.24) is 4.98 Å². The van der Waals surface area contributed by atoms with Crippen LogP contribution in [0.25, 0.3) is 0 Å². The Hall–Kier alpha value is -3.36. The molecule has 0 unspecified atom stereocenters. The van der Waals surface area contributed by atoms with Crippen molar-refractivity contribution in [3.05, 3.63) is 67.4 Å². The number of benzene rings is 2. The first-order chi connectivity index (χ1) is 14.4. The van der Waals surface area contributed by atoms with E-state index in [1.165, 1.54) is 36.9 Å². The quantitative estimate of drug-likeness (QED) is 0.637. The van der Waals surface area contributed by atoms with Crippen molar-refractivity contribution in [1.29, 1.82) is 0 Å². The Morgan fingerprint density at radius 2 is 1.60 bits per heavy atom. The summed E-state index contributed by atoms with van der Waals surface area (Å²) in [6, 6.07) is 12.5. The van der Waals surface area contributed by atoms with Crippen LogP contribution in [0.5, 0.6) is 17.2 Å². The van der Waals surface area contributed by atoms with Crippen molar-refractivity contribution in [2.45, 2.75) is 25.3 Å². The van der Waals surface area contributed by atoms with Crippen molar-refractivity contribution < 1.29 is 32.2 Å². The molecule has 1 N–H and O–H groups in total. The van der Waals surface area contributed by atoms with Crippen molar-refractivity contribution in [2.75, 3.05) is 18.0 Å². The molecule has 0 amide bonds. The number of phenolic OH excluding ortho intramolecular Hbond substituents is 1. The third kappa shape index (κ3) is 6.91. The number of rotatable bonds is 4. The highest BCUT2D eigenvalue weighted by molar-refractivity contribution is 5.49. The zero-order valence-electron chi connectivity index (χ0n) is 16.0. The van der Waals surface area contributed by atoms with E-state index >= 15 is 0 Å². The lowest BCUT2D eigenvalue weighted by Crippen LogP contribution is -2.38. The van der Waals surface area contributed by atoms with Crippen molar-refractivity contribution >= 4 is 5.69 Å². The van der Waals surface area contributed by atoms with Gasteiger partial charge in [-0.1, -0.05) is 0 Å². The maximum atomic E-state index is 12.1. The van der Waals surface area contributed by atoms with Crippen LogP contribution in [0.1, 0.15) is 12.8 Å². The number of ether oxygens (including phenoxy) is 2. The predicted molar refractivity (Wildman–Crippen MR) is 104 cm³/mol. The molecule has 1 fully saturated rings. The molecule has 1 saturated heterocycles. The van der Waals surface area contributed by atoms with E-state index < -0.39 is 6.36 Å². The number of halogens is 3. The van der Waals surface area contributed by atoms with E-state index in [1.54, 1.807) is 18.3 Å². The lowest BCUT2D eigenvalue weighted by molar-refractivity contribution is -0.274. The second kappa shape index (κ2) is 9.91. The monoisotopic (exact) mass is 422 g/mol. The lowest BCUT2D eigenvalue weighted by Gasteiger charge is -2.33. The highest BCUT2D eigenvalue weighted by Crippen LogP contribution is 2.27. The van der Waals surface area contributed by atoms with Gasteiger partial charge in [-0.15, -0.1) is 13.2 Å². The van der Waals surface area contributed by atoms with E-state index in [1.807, 2.05) is 12.1 Å². The number of aromatic nitrogens is 1. The Kier molecular flexibility index (Phi) is 7.05. The summed E-state index contributed by atoms with van der Waals surface area (Å²) < 4.78 is 50.6. The zero-order chi connectivity index (χ0) is 21.4. The van der Waals surface area contributed by atoms with Crippen molar-refractivity contribution in [2.24, 2.45) is 0 Å². The fraction of sp³-hybridized carbons (Fsp3) is 0.286. The highest BCUT2D eigenvalue weighted by atomic mass is 19.4. The Bertz CT molecular complexity index is 844. The van der Waals surface area contributed by atoms with E-state index in [0.717, 1.165) is 31.6 Å². The molecule has 3 aromatic rings. The fourth-order valence-electron chi connectivity index (χ4n) is 2.98. The lowest BCUT2D eigenvalue weighted by atomic mass is 10.1. The van der Waals surface area contributed by atoms with Crippen LogP contribution < -0.4 is 14.4 Å². The van der Waals surface area contributed by atoms with Crippen molar-refractivity contribution in [3.63, 3.8) is 0 Å². The zero-order valence-corrected chi connectivity index (χ0v) is 16.0. The van der Waals surface area contributed by atoms with Gasteiger partial charge in [-0.05, 0) is 48.5 Å². The van der Waals surface area contributed by atoms with Gasteiger partial charge in [0.05, 0.1) is 6.20 Å². The summed E-state index contributed by atoms with van der Waals surface area (Å²) in [5.41, 5.74) is 1.05. The summed E-state index contributed by atoms with van der Waals surface area (Å²) >= 11 is 0. The molecule has 2 heterocycles. The number of aromatic hydroxyl groups is 1. The molecule has 0 aliphatic carbocycles. The number of hydrogen-bond acceptors (Lipinski definition) is 6. The van der Waals surface area contributed by atoms with E-state index in [9.17, 15) is 18.3 Å². The molecule has 1 aliphatic rings. The van der Waals surface area contributed by atoms with Gasteiger partial charge in [0, 0.05) is 31.6 Å². The normalized spacial score (nSPS) is 14.6. The summed E-state index contributed by atoms with van der Waals surface area (Å²) in [5, 5.41) is 9.33. The van der Waals surface area contributed by atoms with Gasteiger partial charge in [0.1, 0.15) is 29.6 Å². The SMILES string of the molecule is Oc1ccc(N2CCC(Oc3ccc(OC(F)(F)F)cc3)CC2)cc1.c1cocn1. The van der Waals surface area contributed by atoms with E-state index in [2.05, 4.69) is 19.0 Å². The Balaban J connectivity index is 0.000000448. The molecule has 0 spiro atoms. The molecule has 160 valence electrons. The average molecular weight is 422 g/mol. The molecule has 4 rings (SSSR count). The molecule has 1 aromatic heterocycles. The van der Waals surface area contributed by atoms with Gasteiger partial charge >= 0.3 is 6.36 Å². The van der Waals surface area contributed by atoms with E-state index in [0.29, 0.717) is 5.75 Å². The molecule has 1 aliphatic heterocycles. The van der Waals surface area contributed by atoms with Gasteiger partial charge in [0.2, 0.25) is 0 Å². The van der Waals surface area contributed by atoms with Gasteiger partial charge in [-0.3, -0.25) is 0 Å². The number of nitrogens with zero attached hydrogens (tertiary/aromatic N) is 2. The smallest absolute Gasteiger partial charge is 0.508 e. The first-order valence-corrected chi connectivity index (χ1v) is 9.28. The molecule has 30 heavy (non-hydrogen) atoms. The maximum Gasteiger partial charge on any atom is 0.573 e. The van der Waals surface area contributed by atoms with Crippen LogP contribution in [0.2, 0.25) is 0 Å². The highest BCUT2D eigenvalue weighted by Gasteiger charge is 2.31. The number of oxazole rings is 1. The van der Waals surface area contributed by atoms with Crippen LogP contribution in [-0.2, 0) is 0 Å². The number of alkyl halides is 3. The number of phenols is 1. The average Bonchev–Trinajstić information content (AvgIpc) is 3.30. The minimum Gasteiger partial charge on any atom is -0.508 e. The number of piperidine rings is 1. The third-order valence-electron chi connectivity index (χ3n) is 4.36. The standard InChI is InChI=1S/C18H18F3NO3.C3H3NO/c19-18(20,21)25-17-7-5-15(6-8-17)24-16-9-11-22(12-10-16)13-1-3-14(23)4-2-13;1-2-5-3-4-1/h1-8,16,23H,9-12H2;1-3H. The summed E-state index contributed by atoms with van der Waals surface area (Å²) in [6.45, 7) is 1.62. The van der Waals surface area contributed by atoms with Gasteiger partial charge < -0.3 is 23.9 Å². The molecule has 9 heteroatoms. The van der Waals surface area contributed by atoms with Crippen LogP contribution in [0, 0.1) is 0 Å². The Labute approximate surface area is 171 Å². The molecule has 0 bridgehead atoms. The molecule has 6 nitrogen and oxygen atoms in total. The number of hydrogen-bond donors (Lipinski definition) is 1. The van der Waals surface area contributed by atoms with Crippen LogP contribution in [0.4, 0.5) is 18.9 Å². The summed E-state index contributed by atoms with van der Waals surface area (Å²) in [5.74, 6) is 0.500. The number of anilines is 1. The Morgan fingerprint density at radius 3 is 2.10 bits per heavy atom. The molecular weight excluding hydrogens is 401 g/mol. The summed E-state index contributed by atoms with van der Waals surface area (Å²) in [4.78, 5) is 5.76. The molecule has 0 saturated carbocycles. The van der Waals surface area contributed by atoms with Crippen molar-refractivity contribution in [3.8, 4) is 17.2 Å². The predicted octanol–water partition coefficient (Wildman–Crippen LogP) is 5.01. The largest absolute Gasteiger partial charge is 0.573 e. The third-order valence-corrected chi connectivity index (χ3v) is 4.36. The first-order valence-electron chi connectivity index (χ1n) is 9.28. The minimum atomic E-state index is -4.69. The molecular formula is C21H21F3N2O4. The molecule has 2 aromatic carbocycles. The summed E-state index contributed by atoms with van der Waals surface area (Å²) in [6.07, 6.45) is 1.41. The van der Waals surface area contributed by atoms with Crippen LogP contribution in [0.15, 0.2) is 71.8 Å². The first kappa shape index (κ1) is 21.4. The Morgan fingerprint density at radius 1 is 0.967 bits per heavy atom. The van der Waals surface area contributed by atoms with E-state index in [4.69, 9.17) is 4.74 Å². The van der Waals surface area contributed by atoms with Crippen LogP contribution in [-0.4, -0.2) is 35.6 Å². The van der Waals surface area contributed by atoms with E-state index in [-0.39, 0.29) is 17.6 Å².